The molecule has 1 amide bonds. The third kappa shape index (κ3) is 4.28. The van der Waals surface area contributed by atoms with Crippen LogP contribution in [0.15, 0.2) is 84.0 Å². The molecule has 2 N–H and O–H groups in total. The van der Waals surface area contributed by atoms with Crippen LogP contribution in [0.3, 0.4) is 0 Å². The molecule has 8 heteroatoms. The van der Waals surface area contributed by atoms with E-state index in [0.29, 0.717) is 5.69 Å². The number of nitrogens with one attached hydrogen (secondary N) is 2. The molecular weight excluding hydrogens is 400 g/mol. The lowest BCUT2D eigenvalue weighted by atomic mass is 10.1. The van der Waals surface area contributed by atoms with E-state index >= 15 is 0 Å². The molecule has 0 saturated heterocycles. The highest BCUT2D eigenvalue weighted by Crippen LogP contribution is 2.19. The highest BCUT2D eigenvalue weighted by atomic mass is 32.2. The first-order valence-corrected chi connectivity index (χ1v) is 10.6. The molecule has 1 heterocycles. The molecule has 0 radical (unpaired) electrons. The number of hydrogen-bond acceptors (Lipinski definition) is 5. The lowest BCUT2D eigenvalue weighted by molar-refractivity contribution is 0.102. The summed E-state index contributed by atoms with van der Waals surface area (Å²) in [6.07, 6.45) is 2.55. The smallest absolute Gasteiger partial charge is 0.264 e. The van der Waals surface area contributed by atoms with Crippen molar-refractivity contribution in [3.8, 4) is 0 Å². The Morgan fingerprint density at radius 2 is 1.53 bits per heavy atom. The number of benzene rings is 3. The first kappa shape index (κ1) is 19.5. The molecule has 0 fully saturated rings. The van der Waals surface area contributed by atoms with Crippen LogP contribution in [-0.4, -0.2) is 24.3 Å². The third-order valence-electron chi connectivity index (χ3n) is 4.48. The minimum absolute atomic E-state index is 0.106. The van der Waals surface area contributed by atoms with Crippen molar-refractivity contribution >= 4 is 38.3 Å². The summed E-state index contributed by atoms with van der Waals surface area (Å²) in [6, 6.07) is 19.9. The van der Waals surface area contributed by atoms with Crippen molar-refractivity contribution in [3.05, 3.63) is 90.3 Å². The lowest BCUT2D eigenvalue weighted by Gasteiger charge is -2.08. The molecule has 30 heavy (non-hydrogen) atoms. The van der Waals surface area contributed by atoms with Crippen molar-refractivity contribution in [2.45, 2.75) is 11.8 Å². The molecule has 3 aromatic carbocycles. The molecule has 0 saturated carbocycles. The van der Waals surface area contributed by atoms with Crippen LogP contribution in [0.2, 0.25) is 0 Å². The van der Waals surface area contributed by atoms with Crippen LogP contribution in [-0.2, 0) is 10.0 Å². The van der Waals surface area contributed by atoms with Gasteiger partial charge in [-0.05, 0) is 42.0 Å². The van der Waals surface area contributed by atoms with Gasteiger partial charge in [0.1, 0.15) is 0 Å². The molecule has 0 spiro atoms. The fourth-order valence-electron chi connectivity index (χ4n) is 2.86. The quantitative estimate of drug-likeness (QED) is 0.510. The summed E-state index contributed by atoms with van der Waals surface area (Å²) in [6.45, 7) is 1.87. The van der Waals surface area contributed by atoms with Gasteiger partial charge in [0.15, 0.2) is 0 Å². The number of amides is 1. The molecule has 150 valence electrons. The van der Waals surface area contributed by atoms with Gasteiger partial charge in [-0.3, -0.25) is 4.79 Å². The topological polar surface area (TPSA) is 101 Å². The number of carbonyl (C=O) groups excluding carboxylic acids is 1. The number of carbonyl (C=O) groups is 1. The van der Waals surface area contributed by atoms with Gasteiger partial charge in [-0.15, -0.1) is 0 Å². The van der Waals surface area contributed by atoms with Gasteiger partial charge in [-0.2, -0.15) is 0 Å². The van der Waals surface area contributed by atoms with Crippen molar-refractivity contribution in [1.29, 1.82) is 0 Å². The first-order chi connectivity index (χ1) is 14.4. The Morgan fingerprint density at radius 3 is 2.23 bits per heavy atom. The van der Waals surface area contributed by atoms with Crippen LogP contribution < -0.4 is 10.0 Å². The number of aromatic nitrogens is 2. The maximum atomic E-state index is 12.5. The molecule has 4 aromatic rings. The van der Waals surface area contributed by atoms with Crippen molar-refractivity contribution in [2.24, 2.45) is 0 Å². The van der Waals surface area contributed by atoms with Crippen molar-refractivity contribution in [3.63, 3.8) is 0 Å². The van der Waals surface area contributed by atoms with E-state index < -0.39 is 15.9 Å². The van der Waals surface area contributed by atoms with Gasteiger partial charge in [-0.1, -0.05) is 48.0 Å². The van der Waals surface area contributed by atoms with E-state index in [1.165, 1.54) is 24.5 Å². The predicted molar refractivity (Wildman–Crippen MR) is 116 cm³/mol. The maximum Gasteiger partial charge on any atom is 0.264 e. The van der Waals surface area contributed by atoms with Crippen molar-refractivity contribution in [2.75, 3.05) is 10.0 Å². The van der Waals surface area contributed by atoms with Crippen LogP contribution in [0.25, 0.3) is 10.8 Å². The molecule has 0 aliphatic rings. The highest BCUT2D eigenvalue weighted by molar-refractivity contribution is 7.92. The summed E-state index contributed by atoms with van der Waals surface area (Å²) in [5, 5.41) is 4.87. The third-order valence-corrected chi connectivity index (χ3v) is 5.82. The van der Waals surface area contributed by atoms with Crippen LogP contribution in [0, 0.1) is 6.92 Å². The Kier molecular flexibility index (Phi) is 5.16. The number of fused-ring (bicyclic) bond motifs is 1. The number of sulfonamides is 1. The minimum atomic E-state index is -3.81. The number of anilines is 2. The molecule has 0 bridgehead atoms. The summed E-state index contributed by atoms with van der Waals surface area (Å²) >= 11 is 0. The highest BCUT2D eigenvalue weighted by Gasteiger charge is 2.16. The number of hydrogen-bond donors (Lipinski definition) is 2. The van der Waals surface area contributed by atoms with Gasteiger partial charge in [-0.25, -0.2) is 23.1 Å². The Balaban J connectivity index is 1.47. The van der Waals surface area contributed by atoms with Gasteiger partial charge in [0.25, 0.3) is 15.9 Å². The van der Waals surface area contributed by atoms with E-state index in [9.17, 15) is 13.2 Å². The summed E-state index contributed by atoms with van der Waals surface area (Å²) in [4.78, 5) is 20.5. The van der Waals surface area contributed by atoms with Gasteiger partial charge in [0, 0.05) is 18.1 Å². The monoisotopic (exact) mass is 418 g/mol. The van der Waals surface area contributed by atoms with Crippen LogP contribution in [0.5, 0.6) is 0 Å². The van der Waals surface area contributed by atoms with E-state index in [1.807, 2.05) is 49.4 Å². The Morgan fingerprint density at radius 1 is 0.867 bits per heavy atom. The standard InChI is InChI=1S/C22H18N4O3S/c1-15-6-10-20(11-7-15)30(28,29)26-22-23-13-18(14-24-22)21(27)25-19-9-8-16-4-2-3-5-17(16)12-19/h2-14H,1H3,(H,25,27)(H,23,24,26). The van der Waals surface area contributed by atoms with E-state index in [0.717, 1.165) is 16.3 Å². The molecule has 4 rings (SSSR count). The zero-order chi connectivity index (χ0) is 21.1. The fourth-order valence-corrected chi connectivity index (χ4v) is 3.82. The summed E-state index contributed by atoms with van der Waals surface area (Å²) in [5.74, 6) is -0.504. The van der Waals surface area contributed by atoms with Crippen LogP contribution in [0.4, 0.5) is 11.6 Å². The predicted octanol–water partition coefficient (Wildman–Crippen LogP) is 3.99. The average molecular weight is 418 g/mol. The number of aryl methyl sites for hydroxylation is 1. The maximum absolute atomic E-state index is 12.5. The largest absolute Gasteiger partial charge is 0.322 e. The number of nitrogens with zero attached hydrogens (tertiary/aromatic N) is 2. The van der Waals surface area contributed by atoms with E-state index in [-0.39, 0.29) is 16.4 Å². The van der Waals surface area contributed by atoms with Gasteiger partial charge < -0.3 is 5.32 Å². The molecule has 1 aromatic heterocycles. The van der Waals surface area contributed by atoms with E-state index in [2.05, 4.69) is 20.0 Å². The normalized spacial score (nSPS) is 11.2. The van der Waals surface area contributed by atoms with E-state index in [1.54, 1.807) is 12.1 Å². The molecular formula is C22H18N4O3S. The van der Waals surface area contributed by atoms with Gasteiger partial charge in [0.05, 0.1) is 10.5 Å². The molecule has 0 aliphatic carbocycles. The van der Waals surface area contributed by atoms with Crippen LogP contribution in [0.1, 0.15) is 15.9 Å². The zero-order valence-corrected chi connectivity index (χ0v) is 16.8. The Hall–Kier alpha value is -3.78. The molecule has 0 aliphatic heterocycles. The molecule has 0 atom stereocenters. The second kappa shape index (κ2) is 7.92. The first-order valence-electron chi connectivity index (χ1n) is 9.12. The SMILES string of the molecule is Cc1ccc(S(=O)(=O)Nc2ncc(C(=O)Nc3ccc4ccccc4c3)cn2)cc1. The summed E-state index contributed by atoms with van der Waals surface area (Å²) in [7, 11) is -3.81. The van der Waals surface area contributed by atoms with Crippen molar-refractivity contribution in [1.82, 2.24) is 9.97 Å². The zero-order valence-electron chi connectivity index (χ0n) is 16.0. The lowest BCUT2D eigenvalue weighted by Crippen LogP contribution is -2.16. The second-order valence-corrected chi connectivity index (χ2v) is 8.41. The minimum Gasteiger partial charge on any atom is -0.322 e. The van der Waals surface area contributed by atoms with Gasteiger partial charge >= 0.3 is 0 Å². The van der Waals surface area contributed by atoms with Crippen LogP contribution >= 0.6 is 0 Å². The summed E-state index contributed by atoms with van der Waals surface area (Å²) in [5.41, 5.74) is 1.80. The van der Waals surface area contributed by atoms with E-state index in [4.69, 9.17) is 0 Å². The Bertz CT molecular complexity index is 1320. The number of rotatable bonds is 5. The molecule has 0 unspecified atom stereocenters. The summed E-state index contributed by atoms with van der Waals surface area (Å²) < 4.78 is 27.1. The van der Waals surface area contributed by atoms with Crippen molar-refractivity contribution < 1.29 is 13.2 Å². The Labute approximate surface area is 173 Å². The second-order valence-electron chi connectivity index (χ2n) is 6.73. The fraction of sp³-hybridized carbons (Fsp3) is 0.0455. The van der Waals surface area contributed by atoms with Gasteiger partial charge in [0.2, 0.25) is 5.95 Å². The molecule has 7 nitrogen and oxygen atoms in total. The average Bonchev–Trinajstić information content (AvgIpc) is 2.74.